The molecule has 3 nitrogen and oxygen atoms in total. The van der Waals surface area contributed by atoms with Crippen LogP contribution in [0, 0.1) is 5.92 Å². The summed E-state index contributed by atoms with van der Waals surface area (Å²) in [6.07, 6.45) is 6.21. The van der Waals surface area contributed by atoms with Crippen molar-refractivity contribution in [3.63, 3.8) is 0 Å². The van der Waals surface area contributed by atoms with Gasteiger partial charge in [-0.3, -0.25) is 4.68 Å². The Hall–Kier alpha value is -0.990. The van der Waals surface area contributed by atoms with E-state index in [0.717, 1.165) is 24.8 Å². The molecule has 0 spiro atoms. The normalized spacial score (nSPS) is 17.0. The van der Waals surface area contributed by atoms with Gasteiger partial charge in [-0.15, -0.1) is 0 Å². The number of hydrogen-bond acceptors (Lipinski definition) is 2. The minimum absolute atomic E-state index is 0.895. The standard InChI is InChI=1S/C10H17N3/c1-2-13-7-6-10(12-13)11-8-9-4-3-5-9/h6-7,9H,2-5,8H2,1H3,(H,11,12). The van der Waals surface area contributed by atoms with Gasteiger partial charge in [-0.25, -0.2) is 0 Å². The Morgan fingerprint density at radius 1 is 1.62 bits per heavy atom. The summed E-state index contributed by atoms with van der Waals surface area (Å²) in [7, 11) is 0. The number of hydrogen-bond donors (Lipinski definition) is 1. The van der Waals surface area contributed by atoms with Gasteiger partial charge in [0.15, 0.2) is 0 Å². The van der Waals surface area contributed by atoms with Crippen LogP contribution in [0.25, 0.3) is 0 Å². The summed E-state index contributed by atoms with van der Waals surface area (Å²) in [6, 6.07) is 2.04. The third kappa shape index (κ3) is 2.02. The summed E-state index contributed by atoms with van der Waals surface area (Å²) in [5.41, 5.74) is 0. The molecule has 0 atom stereocenters. The Labute approximate surface area is 79.1 Å². The highest BCUT2D eigenvalue weighted by Crippen LogP contribution is 2.26. The molecule has 72 valence electrons. The van der Waals surface area contributed by atoms with Crippen LogP contribution < -0.4 is 5.32 Å². The topological polar surface area (TPSA) is 29.9 Å². The van der Waals surface area contributed by atoms with Crippen molar-refractivity contribution in [3.05, 3.63) is 12.3 Å². The van der Waals surface area contributed by atoms with Crippen LogP contribution >= 0.6 is 0 Å². The van der Waals surface area contributed by atoms with Gasteiger partial charge in [0.2, 0.25) is 0 Å². The van der Waals surface area contributed by atoms with E-state index in [-0.39, 0.29) is 0 Å². The molecule has 2 rings (SSSR count). The van der Waals surface area contributed by atoms with Crippen LogP contribution in [0.5, 0.6) is 0 Å². The molecule has 1 aromatic rings. The van der Waals surface area contributed by atoms with Crippen LogP contribution in [-0.2, 0) is 6.54 Å². The smallest absolute Gasteiger partial charge is 0.147 e. The van der Waals surface area contributed by atoms with E-state index in [1.165, 1.54) is 19.3 Å². The van der Waals surface area contributed by atoms with Gasteiger partial charge in [0, 0.05) is 25.4 Å². The molecular formula is C10H17N3. The van der Waals surface area contributed by atoms with E-state index in [9.17, 15) is 0 Å². The Kier molecular flexibility index (Phi) is 2.52. The highest BCUT2D eigenvalue weighted by molar-refractivity contribution is 5.32. The highest BCUT2D eigenvalue weighted by Gasteiger charge is 2.16. The molecule has 0 aromatic carbocycles. The zero-order valence-electron chi connectivity index (χ0n) is 8.16. The first-order valence-electron chi connectivity index (χ1n) is 5.16. The van der Waals surface area contributed by atoms with Crippen LogP contribution in [0.15, 0.2) is 12.3 Å². The van der Waals surface area contributed by atoms with Gasteiger partial charge in [-0.05, 0) is 25.7 Å². The SMILES string of the molecule is CCn1ccc(NCC2CCC2)n1. The fourth-order valence-corrected chi connectivity index (χ4v) is 1.58. The van der Waals surface area contributed by atoms with Crippen molar-refractivity contribution >= 4 is 5.82 Å². The van der Waals surface area contributed by atoms with Crippen molar-refractivity contribution in [2.75, 3.05) is 11.9 Å². The summed E-state index contributed by atoms with van der Waals surface area (Å²) in [5, 5.41) is 7.73. The van der Waals surface area contributed by atoms with Crippen molar-refractivity contribution in [2.45, 2.75) is 32.7 Å². The van der Waals surface area contributed by atoms with Crippen molar-refractivity contribution in [3.8, 4) is 0 Å². The van der Waals surface area contributed by atoms with Gasteiger partial charge in [0.25, 0.3) is 0 Å². The second-order valence-corrected chi connectivity index (χ2v) is 3.73. The summed E-state index contributed by atoms with van der Waals surface area (Å²) in [6.45, 7) is 4.15. The van der Waals surface area contributed by atoms with Gasteiger partial charge in [0.1, 0.15) is 5.82 Å². The number of rotatable bonds is 4. The molecule has 0 saturated heterocycles. The van der Waals surface area contributed by atoms with Crippen molar-refractivity contribution in [1.82, 2.24) is 9.78 Å². The fraction of sp³-hybridized carbons (Fsp3) is 0.700. The van der Waals surface area contributed by atoms with Crippen LogP contribution in [0.3, 0.4) is 0 Å². The number of nitrogens with one attached hydrogen (secondary N) is 1. The maximum Gasteiger partial charge on any atom is 0.147 e. The Morgan fingerprint density at radius 3 is 3.00 bits per heavy atom. The molecule has 1 N–H and O–H groups in total. The first-order chi connectivity index (χ1) is 6.38. The molecule has 1 fully saturated rings. The number of aromatic nitrogens is 2. The van der Waals surface area contributed by atoms with Crippen LogP contribution in [0.1, 0.15) is 26.2 Å². The Morgan fingerprint density at radius 2 is 2.46 bits per heavy atom. The summed E-state index contributed by atoms with van der Waals surface area (Å²) in [4.78, 5) is 0. The van der Waals surface area contributed by atoms with E-state index in [4.69, 9.17) is 0 Å². The average molecular weight is 179 g/mol. The first-order valence-corrected chi connectivity index (χ1v) is 5.16. The monoisotopic (exact) mass is 179 g/mol. The minimum Gasteiger partial charge on any atom is -0.368 e. The maximum absolute atomic E-state index is 4.36. The second kappa shape index (κ2) is 3.81. The lowest BCUT2D eigenvalue weighted by Gasteiger charge is -2.25. The van der Waals surface area contributed by atoms with Crippen molar-refractivity contribution in [1.29, 1.82) is 0 Å². The summed E-state index contributed by atoms with van der Waals surface area (Å²) < 4.78 is 1.95. The van der Waals surface area contributed by atoms with Gasteiger partial charge in [0.05, 0.1) is 0 Å². The molecule has 1 aromatic heterocycles. The van der Waals surface area contributed by atoms with E-state index in [0.29, 0.717) is 0 Å². The second-order valence-electron chi connectivity index (χ2n) is 3.73. The molecule has 0 radical (unpaired) electrons. The zero-order valence-corrected chi connectivity index (χ0v) is 8.16. The highest BCUT2D eigenvalue weighted by atomic mass is 15.3. The van der Waals surface area contributed by atoms with Gasteiger partial charge in [-0.1, -0.05) is 6.42 Å². The first kappa shape index (κ1) is 8.60. The lowest BCUT2D eigenvalue weighted by atomic mass is 9.85. The molecule has 3 heteroatoms. The zero-order chi connectivity index (χ0) is 9.10. The number of anilines is 1. The van der Waals surface area contributed by atoms with E-state index in [1.54, 1.807) is 0 Å². The largest absolute Gasteiger partial charge is 0.368 e. The quantitative estimate of drug-likeness (QED) is 0.767. The Balaban J connectivity index is 1.79. The molecule has 0 aliphatic heterocycles. The fourth-order valence-electron chi connectivity index (χ4n) is 1.58. The number of nitrogens with zero attached hydrogens (tertiary/aromatic N) is 2. The third-order valence-corrected chi connectivity index (χ3v) is 2.76. The summed E-state index contributed by atoms with van der Waals surface area (Å²) in [5.74, 6) is 1.92. The lowest BCUT2D eigenvalue weighted by Crippen LogP contribution is -2.21. The van der Waals surface area contributed by atoms with Crippen LogP contribution in [-0.4, -0.2) is 16.3 Å². The van der Waals surface area contributed by atoms with E-state index >= 15 is 0 Å². The predicted molar refractivity (Wildman–Crippen MR) is 53.7 cm³/mol. The van der Waals surface area contributed by atoms with Crippen molar-refractivity contribution < 1.29 is 0 Å². The number of aryl methyl sites for hydroxylation is 1. The van der Waals surface area contributed by atoms with Crippen LogP contribution in [0.4, 0.5) is 5.82 Å². The van der Waals surface area contributed by atoms with E-state index in [1.807, 2.05) is 16.9 Å². The van der Waals surface area contributed by atoms with E-state index < -0.39 is 0 Å². The molecule has 1 aliphatic rings. The molecule has 0 amide bonds. The molecule has 0 bridgehead atoms. The third-order valence-electron chi connectivity index (χ3n) is 2.76. The lowest BCUT2D eigenvalue weighted by molar-refractivity contribution is 0.333. The van der Waals surface area contributed by atoms with Gasteiger partial charge < -0.3 is 5.32 Å². The van der Waals surface area contributed by atoms with Crippen LogP contribution in [0.2, 0.25) is 0 Å². The molecule has 1 saturated carbocycles. The minimum atomic E-state index is 0.895. The van der Waals surface area contributed by atoms with Gasteiger partial charge in [-0.2, -0.15) is 5.10 Å². The summed E-state index contributed by atoms with van der Waals surface area (Å²) >= 11 is 0. The predicted octanol–water partition coefficient (Wildman–Crippen LogP) is 2.11. The van der Waals surface area contributed by atoms with Crippen molar-refractivity contribution in [2.24, 2.45) is 5.92 Å². The maximum atomic E-state index is 4.36. The molecule has 13 heavy (non-hydrogen) atoms. The van der Waals surface area contributed by atoms with Gasteiger partial charge >= 0.3 is 0 Å². The molecule has 1 heterocycles. The van der Waals surface area contributed by atoms with E-state index in [2.05, 4.69) is 17.3 Å². The molecular weight excluding hydrogens is 162 g/mol. The molecule has 1 aliphatic carbocycles. The Bertz CT molecular complexity index is 263. The molecule has 0 unspecified atom stereocenters. The average Bonchev–Trinajstić information content (AvgIpc) is 2.49.